The van der Waals surface area contributed by atoms with Gasteiger partial charge in [0, 0.05) is 6.54 Å². The van der Waals surface area contributed by atoms with Crippen LogP contribution in [0.25, 0.3) is 0 Å². The van der Waals surface area contributed by atoms with Gasteiger partial charge < -0.3 is 21.1 Å². The van der Waals surface area contributed by atoms with Crippen molar-refractivity contribution >= 4 is 24.2 Å². The summed E-state index contributed by atoms with van der Waals surface area (Å²) in [6, 6.07) is 7.83. The van der Waals surface area contributed by atoms with Crippen molar-refractivity contribution in [1.29, 1.82) is 0 Å². The molecule has 1 aromatic rings. The van der Waals surface area contributed by atoms with E-state index in [4.69, 9.17) is 10.5 Å². The molecule has 1 aromatic carbocycles. The largest absolute Gasteiger partial charge is 0.497 e. The van der Waals surface area contributed by atoms with Crippen LogP contribution in [0.3, 0.4) is 0 Å². The van der Waals surface area contributed by atoms with Crippen LogP contribution in [0.2, 0.25) is 0 Å². The highest BCUT2D eigenvalue weighted by atomic mass is 35.5. The number of nitrogens with two attached hydrogens (primary N) is 1. The molecule has 21 heavy (non-hydrogen) atoms. The third-order valence-corrected chi connectivity index (χ3v) is 2.75. The maximum Gasteiger partial charge on any atom is 0.239 e. The average molecular weight is 316 g/mol. The van der Waals surface area contributed by atoms with Crippen molar-refractivity contribution in [2.45, 2.75) is 12.8 Å². The summed E-state index contributed by atoms with van der Waals surface area (Å²) in [4.78, 5) is 22.2. The van der Waals surface area contributed by atoms with Crippen molar-refractivity contribution in [2.75, 3.05) is 26.7 Å². The third kappa shape index (κ3) is 8.16. The number of carbonyl (C=O) groups excluding carboxylic acids is 2. The number of ether oxygens (including phenoxy) is 1. The minimum atomic E-state index is -0.335. The van der Waals surface area contributed by atoms with E-state index in [1.54, 1.807) is 7.11 Å². The predicted molar refractivity (Wildman–Crippen MR) is 83.6 cm³/mol. The lowest BCUT2D eigenvalue weighted by Crippen LogP contribution is -2.39. The molecular weight excluding hydrogens is 294 g/mol. The van der Waals surface area contributed by atoms with Crippen LogP contribution in [0.1, 0.15) is 12.0 Å². The van der Waals surface area contributed by atoms with Crippen LogP contribution < -0.4 is 21.1 Å². The molecule has 1 rings (SSSR count). The number of halogens is 1. The SMILES string of the molecule is COc1ccc(CCCNC(=O)CNC(=O)CN)cc1.Cl. The molecule has 118 valence electrons. The van der Waals surface area contributed by atoms with Gasteiger partial charge >= 0.3 is 0 Å². The first kappa shape index (κ1) is 19.2. The second kappa shape index (κ2) is 10.9. The van der Waals surface area contributed by atoms with Gasteiger partial charge in [-0.2, -0.15) is 0 Å². The molecule has 0 aliphatic heterocycles. The molecule has 0 aliphatic carbocycles. The first-order chi connectivity index (χ1) is 9.65. The summed E-state index contributed by atoms with van der Waals surface area (Å²) in [5.41, 5.74) is 6.30. The second-order valence-electron chi connectivity index (χ2n) is 4.28. The molecule has 7 heteroatoms. The number of carbonyl (C=O) groups is 2. The van der Waals surface area contributed by atoms with Gasteiger partial charge in [0.1, 0.15) is 5.75 Å². The number of hydrogen-bond donors (Lipinski definition) is 3. The Kier molecular flexibility index (Phi) is 10.0. The van der Waals surface area contributed by atoms with E-state index >= 15 is 0 Å². The van der Waals surface area contributed by atoms with Gasteiger partial charge in [0.2, 0.25) is 11.8 Å². The number of nitrogens with one attached hydrogen (secondary N) is 2. The van der Waals surface area contributed by atoms with Gasteiger partial charge in [0.25, 0.3) is 0 Å². The van der Waals surface area contributed by atoms with Gasteiger partial charge in [0.05, 0.1) is 20.2 Å². The maximum absolute atomic E-state index is 11.4. The quantitative estimate of drug-likeness (QED) is 0.599. The fourth-order valence-corrected chi connectivity index (χ4v) is 1.63. The lowest BCUT2D eigenvalue weighted by Gasteiger charge is -2.07. The van der Waals surface area contributed by atoms with Gasteiger partial charge in [-0.25, -0.2) is 0 Å². The highest BCUT2D eigenvalue weighted by molar-refractivity contribution is 5.85. The molecule has 4 N–H and O–H groups in total. The van der Waals surface area contributed by atoms with E-state index in [1.165, 1.54) is 5.56 Å². The summed E-state index contributed by atoms with van der Waals surface area (Å²) < 4.78 is 5.08. The molecule has 0 atom stereocenters. The summed E-state index contributed by atoms with van der Waals surface area (Å²) >= 11 is 0. The number of amides is 2. The van der Waals surface area contributed by atoms with Crippen LogP contribution in [0.15, 0.2) is 24.3 Å². The van der Waals surface area contributed by atoms with Gasteiger partial charge in [-0.1, -0.05) is 12.1 Å². The van der Waals surface area contributed by atoms with Gasteiger partial charge in [0.15, 0.2) is 0 Å². The Bertz CT molecular complexity index is 438. The number of aryl methyl sites for hydroxylation is 1. The maximum atomic E-state index is 11.4. The van der Waals surface area contributed by atoms with Crippen LogP contribution in [0, 0.1) is 0 Å². The summed E-state index contributed by atoms with van der Waals surface area (Å²) in [6.07, 6.45) is 1.71. The molecule has 0 saturated heterocycles. The summed E-state index contributed by atoms with van der Waals surface area (Å²) in [7, 11) is 1.63. The van der Waals surface area contributed by atoms with E-state index in [0.29, 0.717) is 6.54 Å². The predicted octanol–water partition coefficient (Wildman–Crippen LogP) is 0.241. The van der Waals surface area contributed by atoms with Gasteiger partial charge in [-0.15, -0.1) is 12.4 Å². The molecule has 0 unspecified atom stereocenters. The standard InChI is InChI=1S/C14H21N3O3.ClH/c1-20-12-6-4-11(5-7-12)3-2-8-16-14(19)10-17-13(18)9-15;/h4-7H,2-3,8-10,15H2,1H3,(H,16,19)(H,17,18);1H. The molecular formula is C14H22ClN3O3. The van der Waals surface area contributed by atoms with Gasteiger partial charge in [-0.05, 0) is 30.5 Å². The van der Waals surface area contributed by atoms with Crippen LogP contribution in [0.5, 0.6) is 5.75 Å². The Balaban J connectivity index is 0.00000400. The molecule has 0 aromatic heterocycles. The first-order valence-electron chi connectivity index (χ1n) is 6.52. The summed E-state index contributed by atoms with van der Waals surface area (Å²) in [6.45, 7) is 0.437. The van der Waals surface area contributed by atoms with Gasteiger partial charge in [-0.3, -0.25) is 9.59 Å². The minimum absolute atomic E-state index is 0. The van der Waals surface area contributed by atoms with E-state index in [2.05, 4.69) is 10.6 Å². The zero-order valence-corrected chi connectivity index (χ0v) is 12.9. The second-order valence-corrected chi connectivity index (χ2v) is 4.28. The Hall–Kier alpha value is -1.79. The van der Waals surface area contributed by atoms with E-state index in [9.17, 15) is 9.59 Å². The number of rotatable bonds is 8. The van der Waals surface area contributed by atoms with E-state index in [0.717, 1.165) is 18.6 Å². The highest BCUT2D eigenvalue weighted by Gasteiger charge is 2.03. The van der Waals surface area contributed by atoms with Crippen molar-refractivity contribution in [1.82, 2.24) is 10.6 Å². The van der Waals surface area contributed by atoms with Crippen molar-refractivity contribution in [2.24, 2.45) is 5.73 Å². The van der Waals surface area contributed by atoms with Crippen LogP contribution in [0.4, 0.5) is 0 Å². The van der Waals surface area contributed by atoms with E-state index in [1.807, 2.05) is 24.3 Å². The lowest BCUT2D eigenvalue weighted by atomic mass is 10.1. The smallest absolute Gasteiger partial charge is 0.239 e. The molecule has 6 nitrogen and oxygen atoms in total. The van der Waals surface area contributed by atoms with E-state index < -0.39 is 0 Å². The Morgan fingerprint density at radius 1 is 1.14 bits per heavy atom. The fourth-order valence-electron chi connectivity index (χ4n) is 1.63. The van der Waals surface area contributed by atoms with Crippen molar-refractivity contribution in [3.8, 4) is 5.75 Å². The average Bonchev–Trinajstić information content (AvgIpc) is 2.49. The van der Waals surface area contributed by atoms with Crippen molar-refractivity contribution < 1.29 is 14.3 Å². The Morgan fingerprint density at radius 2 is 1.81 bits per heavy atom. The number of benzene rings is 1. The lowest BCUT2D eigenvalue weighted by molar-refractivity contribution is -0.125. The number of methoxy groups -OCH3 is 1. The zero-order chi connectivity index (χ0) is 14.8. The molecule has 0 radical (unpaired) electrons. The first-order valence-corrected chi connectivity index (χ1v) is 6.52. The molecule has 0 bridgehead atoms. The van der Waals surface area contributed by atoms with Crippen LogP contribution in [-0.2, 0) is 16.0 Å². The minimum Gasteiger partial charge on any atom is -0.497 e. The molecule has 0 aliphatic rings. The fraction of sp³-hybridized carbons (Fsp3) is 0.429. The highest BCUT2D eigenvalue weighted by Crippen LogP contribution is 2.12. The Labute approximate surface area is 130 Å². The summed E-state index contributed by atoms with van der Waals surface area (Å²) in [5, 5.41) is 5.15. The molecule has 0 fully saturated rings. The molecule has 0 spiro atoms. The Morgan fingerprint density at radius 3 is 2.38 bits per heavy atom. The topological polar surface area (TPSA) is 93.5 Å². The molecule has 2 amide bonds. The van der Waals surface area contributed by atoms with Crippen LogP contribution >= 0.6 is 12.4 Å². The van der Waals surface area contributed by atoms with E-state index in [-0.39, 0.29) is 37.3 Å². The van der Waals surface area contributed by atoms with Crippen molar-refractivity contribution in [3.63, 3.8) is 0 Å². The summed E-state index contributed by atoms with van der Waals surface area (Å²) in [5.74, 6) is 0.289. The monoisotopic (exact) mass is 315 g/mol. The normalized spacial score (nSPS) is 9.43. The third-order valence-electron chi connectivity index (χ3n) is 2.75. The zero-order valence-electron chi connectivity index (χ0n) is 12.1. The number of hydrogen-bond acceptors (Lipinski definition) is 4. The molecule has 0 heterocycles. The molecule has 0 saturated carbocycles. The van der Waals surface area contributed by atoms with Crippen molar-refractivity contribution in [3.05, 3.63) is 29.8 Å². The van der Waals surface area contributed by atoms with Crippen LogP contribution in [-0.4, -0.2) is 38.6 Å².